The molecule has 0 spiro atoms. The van der Waals surface area contributed by atoms with Gasteiger partial charge in [-0.15, -0.1) is 0 Å². The topological polar surface area (TPSA) is 54.6 Å². The summed E-state index contributed by atoms with van der Waals surface area (Å²) in [7, 11) is 0. The minimum Gasteiger partial charge on any atom is -0.448 e. The van der Waals surface area contributed by atoms with Crippen molar-refractivity contribution in [1.82, 2.24) is 5.43 Å². The maximum Gasteiger partial charge on any atom is 0.244 e. The van der Waals surface area contributed by atoms with Crippen molar-refractivity contribution in [3.63, 3.8) is 0 Å². The molecule has 0 radical (unpaired) electrons. The molecule has 0 aliphatic rings. The van der Waals surface area contributed by atoms with E-state index in [1.165, 1.54) is 18.0 Å². The lowest BCUT2D eigenvalue weighted by molar-refractivity contribution is -0.120. The lowest BCUT2D eigenvalue weighted by Crippen LogP contribution is -2.19. The quantitative estimate of drug-likeness (QED) is 0.310. The fourth-order valence-corrected chi connectivity index (χ4v) is 3.81. The van der Waals surface area contributed by atoms with E-state index in [0.717, 1.165) is 26.3 Å². The minimum absolute atomic E-state index is 0.181. The van der Waals surface area contributed by atoms with Crippen molar-refractivity contribution in [2.24, 2.45) is 5.10 Å². The Morgan fingerprint density at radius 1 is 1.00 bits per heavy atom. The molecule has 1 aromatic heterocycles. The second-order valence-electron chi connectivity index (χ2n) is 6.32. The molecule has 0 saturated carbocycles. The number of furan rings is 1. The molecule has 0 atom stereocenters. The zero-order valence-corrected chi connectivity index (χ0v) is 16.9. The number of hydrogen-bond donors (Lipinski definition) is 1. The molecule has 4 rings (SSSR count). The normalized spacial score (nSPS) is 11.2. The van der Waals surface area contributed by atoms with Crippen LogP contribution in [0, 0.1) is 0 Å². The van der Waals surface area contributed by atoms with Gasteiger partial charge in [-0.2, -0.15) is 5.10 Å². The Bertz CT molecular complexity index is 1160. The molecule has 1 heterocycles. The van der Waals surface area contributed by atoms with Crippen LogP contribution < -0.4 is 5.43 Å². The average Bonchev–Trinajstić information content (AvgIpc) is 3.17. The molecule has 0 aliphatic carbocycles. The zero-order chi connectivity index (χ0) is 20.1. The van der Waals surface area contributed by atoms with E-state index in [1.807, 2.05) is 72.8 Å². The first kappa shape index (κ1) is 19.3. The Labute approximate surface area is 177 Å². The predicted molar refractivity (Wildman–Crippen MR) is 118 cm³/mol. The molecule has 0 saturated heterocycles. The van der Waals surface area contributed by atoms with Gasteiger partial charge in [0.15, 0.2) is 5.09 Å². The van der Waals surface area contributed by atoms with Gasteiger partial charge in [-0.1, -0.05) is 65.8 Å². The first-order valence-electron chi connectivity index (χ1n) is 8.99. The van der Waals surface area contributed by atoms with Gasteiger partial charge in [0.2, 0.25) is 5.91 Å². The number of nitrogens with zero attached hydrogens (tertiary/aromatic N) is 1. The second kappa shape index (κ2) is 8.99. The third kappa shape index (κ3) is 5.08. The lowest BCUT2D eigenvalue weighted by atomic mass is 10.0. The maximum absolute atomic E-state index is 12.2. The Hall–Kier alpha value is -3.02. The van der Waals surface area contributed by atoms with Crippen molar-refractivity contribution in [2.45, 2.75) is 16.4 Å². The molecule has 0 bridgehead atoms. The van der Waals surface area contributed by atoms with Crippen molar-refractivity contribution in [3.05, 3.63) is 95.2 Å². The van der Waals surface area contributed by atoms with E-state index in [1.54, 1.807) is 6.07 Å². The van der Waals surface area contributed by atoms with Crippen molar-refractivity contribution < 1.29 is 9.21 Å². The molecule has 1 N–H and O–H groups in total. The van der Waals surface area contributed by atoms with Gasteiger partial charge in [-0.25, -0.2) is 5.43 Å². The zero-order valence-electron chi connectivity index (χ0n) is 15.3. The molecular formula is C23H17ClN2O2S. The van der Waals surface area contributed by atoms with Crippen molar-refractivity contribution in [2.75, 3.05) is 0 Å². The number of carbonyl (C=O) groups excluding carboxylic acids is 1. The summed E-state index contributed by atoms with van der Waals surface area (Å²) < 4.78 is 5.70. The highest BCUT2D eigenvalue weighted by molar-refractivity contribution is 7.99. The molecule has 4 nitrogen and oxygen atoms in total. The van der Waals surface area contributed by atoms with Gasteiger partial charge in [-0.3, -0.25) is 4.79 Å². The number of fused-ring (bicyclic) bond motifs is 1. The Morgan fingerprint density at radius 3 is 2.66 bits per heavy atom. The van der Waals surface area contributed by atoms with Crippen LogP contribution in [0.25, 0.3) is 10.8 Å². The van der Waals surface area contributed by atoms with E-state index in [9.17, 15) is 4.79 Å². The molecule has 0 aliphatic heterocycles. The van der Waals surface area contributed by atoms with Gasteiger partial charge in [0.1, 0.15) is 5.76 Å². The number of hydrazone groups is 1. The molecule has 1 amide bonds. The van der Waals surface area contributed by atoms with Crippen LogP contribution in [0.5, 0.6) is 0 Å². The lowest BCUT2D eigenvalue weighted by Gasteiger charge is -2.05. The fourth-order valence-electron chi connectivity index (χ4n) is 2.90. The summed E-state index contributed by atoms with van der Waals surface area (Å²) in [5, 5.41) is 7.62. The highest BCUT2D eigenvalue weighted by Gasteiger charge is 2.07. The highest BCUT2D eigenvalue weighted by atomic mass is 35.5. The van der Waals surface area contributed by atoms with E-state index in [-0.39, 0.29) is 12.3 Å². The van der Waals surface area contributed by atoms with Crippen molar-refractivity contribution in [1.29, 1.82) is 0 Å². The fraction of sp³-hybridized carbons (Fsp3) is 0.0435. The van der Waals surface area contributed by atoms with E-state index in [0.29, 0.717) is 10.8 Å². The smallest absolute Gasteiger partial charge is 0.244 e. The number of rotatable bonds is 6. The summed E-state index contributed by atoms with van der Waals surface area (Å²) >= 11 is 7.38. The minimum atomic E-state index is -0.181. The Morgan fingerprint density at radius 2 is 1.79 bits per heavy atom. The SMILES string of the molecule is O=C(Cc1cccc2ccccc12)N/N=C\c1ccc(Sc2ccc(Cl)cc2)o1. The number of hydrogen-bond acceptors (Lipinski definition) is 4. The highest BCUT2D eigenvalue weighted by Crippen LogP contribution is 2.29. The summed E-state index contributed by atoms with van der Waals surface area (Å²) in [6.07, 6.45) is 1.75. The van der Waals surface area contributed by atoms with Gasteiger partial charge in [0.25, 0.3) is 0 Å². The van der Waals surface area contributed by atoms with E-state index in [4.69, 9.17) is 16.0 Å². The van der Waals surface area contributed by atoms with Gasteiger partial charge in [0.05, 0.1) is 12.6 Å². The molecule has 0 unspecified atom stereocenters. The standard InChI is InChI=1S/C23H17ClN2O2S/c24-18-8-11-20(12-9-18)29-23-13-10-19(28-23)15-25-26-22(27)14-17-6-3-5-16-4-1-2-7-21(16)17/h1-13,15H,14H2,(H,26,27)/b25-15-. The average molecular weight is 421 g/mol. The van der Waals surface area contributed by atoms with Gasteiger partial charge in [-0.05, 0) is 52.7 Å². The number of benzene rings is 3. The van der Waals surface area contributed by atoms with Gasteiger partial charge < -0.3 is 4.42 Å². The van der Waals surface area contributed by atoms with Crippen molar-refractivity contribution in [3.8, 4) is 0 Å². The summed E-state index contributed by atoms with van der Waals surface area (Å²) in [4.78, 5) is 13.3. The van der Waals surface area contributed by atoms with E-state index in [2.05, 4.69) is 10.5 Å². The Kier molecular flexibility index (Phi) is 5.98. The van der Waals surface area contributed by atoms with Crippen LogP contribution in [-0.4, -0.2) is 12.1 Å². The van der Waals surface area contributed by atoms with E-state index < -0.39 is 0 Å². The first-order chi connectivity index (χ1) is 14.2. The third-order valence-electron chi connectivity index (χ3n) is 4.25. The van der Waals surface area contributed by atoms with E-state index >= 15 is 0 Å². The van der Waals surface area contributed by atoms with Gasteiger partial charge >= 0.3 is 0 Å². The second-order valence-corrected chi connectivity index (χ2v) is 7.84. The summed E-state index contributed by atoms with van der Waals surface area (Å²) in [6.45, 7) is 0. The molecule has 4 aromatic rings. The number of amides is 1. The van der Waals surface area contributed by atoms with Crippen LogP contribution in [0.1, 0.15) is 11.3 Å². The number of nitrogens with one attached hydrogen (secondary N) is 1. The van der Waals surface area contributed by atoms with Crippen molar-refractivity contribution >= 4 is 46.3 Å². The van der Waals surface area contributed by atoms with Crippen LogP contribution in [-0.2, 0) is 11.2 Å². The Balaban J connectivity index is 1.34. The molecule has 3 aromatic carbocycles. The number of carbonyl (C=O) groups is 1. The van der Waals surface area contributed by atoms with Crippen LogP contribution in [0.15, 0.2) is 98.4 Å². The van der Waals surface area contributed by atoms with Crippen LogP contribution >= 0.6 is 23.4 Å². The molecule has 29 heavy (non-hydrogen) atoms. The van der Waals surface area contributed by atoms with Crippen LogP contribution in [0.2, 0.25) is 5.02 Å². The monoisotopic (exact) mass is 420 g/mol. The predicted octanol–water partition coefficient (Wildman–Crippen LogP) is 5.93. The third-order valence-corrected chi connectivity index (χ3v) is 5.43. The number of halogens is 1. The summed E-state index contributed by atoms with van der Waals surface area (Å²) in [5.41, 5.74) is 3.53. The summed E-state index contributed by atoms with van der Waals surface area (Å²) in [6, 6.07) is 25.1. The molecule has 144 valence electrons. The molecule has 0 fully saturated rings. The molecule has 6 heteroatoms. The van der Waals surface area contributed by atoms with Crippen LogP contribution in [0.4, 0.5) is 0 Å². The first-order valence-corrected chi connectivity index (χ1v) is 10.2. The summed E-state index contributed by atoms with van der Waals surface area (Å²) in [5.74, 6) is 0.381. The van der Waals surface area contributed by atoms with Gasteiger partial charge in [0, 0.05) is 9.92 Å². The van der Waals surface area contributed by atoms with Crippen LogP contribution in [0.3, 0.4) is 0 Å². The molecular weight excluding hydrogens is 404 g/mol. The largest absolute Gasteiger partial charge is 0.448 e. The maximum atomic E-state index is 12.2.